The van der Waals surface area contributed by atoms with E-state index >= 15 is 0 Å². The maximum Gasteiger partial charge on any atom is 0.239 e. The Balaban J connectivity index is 0.00000324. The number of hydrogen-bond acceptors (Lipinski definition) is 4. The molecule has 1 saturated heterocycles. The van der Waals surface area contributed by atoms with Gasteiger partial charge in [-0.2, -0.15) is 0 Å². The van der Waals surface area contributed by atoms with Crippen molar-refractivity contribution in [1.82, 2.24) is 15.5 Å². The van der Waals surface area contributed by atoms with E-state index < -0.39 is 0 Å². The fraction of sp³-hybridized carbons (Fsp3) is 0.500. The Morgan fingerprint density at radius 2 is 1.86 bits per heavy atom. The van der Waals surface area contributed by atoms with Crippen LogP contribution in [0.2, 0.25) is 0 Å². The standard InChI is InChI=1S/C28H39N3O3.ClH.H2O/c1-4-14-29-26(33)18-30-27(34)23(16-22-9-6-5-7-10-22)20-31-15-13-28(3,21(2)19-31)24-11-8-12-25(32)17-24;;/h5-12,17,21,23,32H,4,13-16,18-20H2,1-3H3,(H,29,33)(H,30,34);1H;1H2. The average molecular weight is 520 g/mol. The minimum absolute atomic E-state index is 0. The zero-order valence-electron chi connectivity index (χ0n) is 21.6. The summed E-state index contributed by atoms with van der Waals surface area (Å²) < 4.78 is 0. The first-order chi connectivity index (χ1) is 16.3. The van der Waals surface area contributed by atoms with E-state index in [1.54, 1.807) is 6.07 Å². The van der Waals surface area contributed by atoms with Crippen LogP contribution in [-0.4, -0.2) is 60.0 Å². The van der Waals surface area contributed by atoms with Gasteiger partial charge in [0.25, 0.3) is 0 Å². The highest BCUT2D eigenvalue weighted by molar-refractivity contribution is 5.86. The van der Waals surface area contributed by atoms with Gasteiger partial charge in [-0.1, -0.05) is 63.2 Å². The summed E-state index contributed by atoms with van der Waals surface area (Å²) in [7, 11) is 0. The third kappa shape index (κ3) is 8.50. The van der Waals surface area contributed by atoms with Crippen LogP contribution >= 0.6 is 12.4 Å². The van der Waals surface area contributed by atoms with Crippen molar-refractivity contribution < 1.29 is 20.2 Å². The molecule has 0 aliphatic carbocycles. The van der Waals surface area contributed by atoms with E-state index in [1.807, 2.05) is 49.4 Å². The average Bonchev–Trinajstić information content (AvgIpc) is 2.83. The predicted octanol–water partition coefficient (Wildman–Crippen LogP) is 3.09. The molecule has 1 aliphatic heterocycles. The van der Waals surface area contributed by atoms with Crippen molar-refractivity contribution in [2.24, 2.45) is 11.8 Å². The second-order valence-corrected chi connectivity index (χ2v) is 9.83. The van der Waals surface area contributed by atoms with Crippen molar-refractivity contribution in [1.29, 1.82) is 0 Å². The van der Waals surface area contributed by atoms with Gasteiger partial charge in [0.05, 0.1) is 12.5 Å². The molecule has 0 aromatic heterocycles. The van der Waals surface area contributed by atoms with E-state index in [4.69, 9.17) is 0 Å². The molecule has 200 valence electrons. The van der Waals surface area contributed by atoms with Crippen molar-refractivity contribution in [3.63, 3.8) is 0 Å². The Kier molecular flexibility index (Phi) is 12.9. The summed E-state index contributed by atoms with van der Waals surface area (Å²) in [6.45, 7) is 9.56. The van der Waals surface area contributed by atoms with Gasteiger partial charge in [-0.25, -0.2) is 0 Å². The van der Waals surface area contributed by atoms with Crippen molar-refractivity contribution in [3.05, 3.63) is 65.7 Å². The first-order valence-electron chi connectivity index (χ1n) is 12.4. The summed E-state index contributed by atoms with van der Waals surface area (Å²) in [6, 6.07) is 17.7. The molecule has 0 spiro atoms. The highest BCUT2D eigenvalue weighted by Gasteiger charge is 2.39. The Labute approximate surface area is 221 Å². The number of carbonyl (C=O) groups excluding carboxylic acids is 2. The van der Waals surface area contributed by atoms with Crippen molar-refractivity contribution in [3.8, 4) is 5.75 Å². The number of hydrogen-bond donors (Lipinski definition) is 3. The maximum atomic E-state index is 13.1. The van der Waals surface area contributed by atoms with E-state index in [2.05, 4.69) is 35.4 Å². The molecule has 2 aromatic carbocycles. The van der Waals surface area contributed by atoms with Crippen LogP contribution in [0.3, 0.4) is 0 Å². The molecular formula is C28H42ClN3O4. The summed E-state index contributed by atoms with van der Waals surface area (Å²) in [4.78, 5) is 27.5. The fourth-order valence-electron chi connectivity index (χ4n) is 4.86. The molecule has 3 unspecified atom stereocenters. The van der Waals surface area contributed by atoms with Crippen molar-refractivity contribution >= 4 is 24.2 Å². The Hall–Kier alpha value is -2.61. The lowest BCUT2D eigenvalue weighted by atomic mass is 9.68. The predicted molar refractivity (Wildman–Crippen MR) is 146 cm³/mol. The van der Waals surface area contributed by atoms with E-state index in [0.717, 1.165) is 37.1 Å². The number of rotatable bonds is 10. The largest absolute Gasteiger partial charge is 0.508 e. The molecule has 3 rings (SSSR count). The van der Waals surface area contributed by atoms with Crippen LogP contribution in [-0.2, 0) is 21.4 Å². The number of carbonyl (C=O) groups is 2. The van der Waals surface area contributed by atoms with Gasteiger partial charge in [0.15, 0.2) is 0 Å². The second-order valence-electron chi connectivity index (χ2n) is 9.83. The van der Waals surface area contributed by atoms with Gasteiger partial charge in [0.2, 0.25) is 11.8 Å². The summed E-state index contributed by atoms with van der Waals surface area (Å²) in [5, 5.41) is 15.6. The lowest BCUT2D eigenvalue weighted by Gasteiger charge is -2.45. The first-order valence-corrected chi connectivity index (χ1v) is 12.4. The highest BCUT2D eigenvalue weighted by Crippen LogP contribution is 2.40. The van der Waals surface area contributed by atoms with Crippen molar-refractivity contribution in [2.45, 2.75) is 45.4 Å². The minimum atomic E-state index is -0.237. The number of phenols is 1. The minimum Gasteiger partial charge on any atom is -0.508 e. The number of nitrogens with zero attached hydrogens (tertiary/aromatic N) is 1. The smallest absolute Gasteiger partial charge is 0.239 e. The third-order valence-corrected chi connectivity index (χ3v) is 7.24. The molecule has 5 N–H and O–H groups in total. The Morgan fingerprint density at radius 3 is 2.50 bits per heavy atom. The van der Waals surface area contributed by atoms with Crippen molar-refractivity contribution in [2.75, 3.05) is 32.7 Å². The van der Waals surface area contributed by atoms with Gasteiger partial charge in [0.1, 0.15) is 5.75 Å². The molecule has 2 amide bonds. The van der Waals surface area contributed by atoms with Gasteiger partial charge < -0.3 is 26.1 Å². The number of halogens is 1. The Bertz CT molecular complexity index is 959. The van der Waals surface area contributed by atoms with E-state index in [1.165, 1.54) is 0 Å². The number of likely N-dealkylation sites (tertiary alicyclic amines) is 1. The quantitative estimate of drug-likeness (QED) is 0.447. The van der Waals surface area contributed by atoms with E-state index in [9.17, 15) is 14.7 Å². The monoisotopic (exact) mass is 519 g/mol. The number of benzene rings is 2. The van der Waals surface area contributed by atoms with Gasteiger partial charge >= 0.3 is 0 Å². The fourth-order valence-corrected chi connectivity index (χ4v) is 4.86. The second kappa shape index (κ2) is 14.8. The molecule has 2 aromatic rings. The zero-order valence-corrected chi connectivity index (χ0v) is 22.4. The molecule has 3 atom stereocenters. The van der Waals surface area contributed by atoms with Crippen LogP contribution in [0.4, 0.5) is 0 Å². The Morgan fingerprint density at radius 1 is 1.14 bits per heavy atom. The molecule has 36 heavy (non-hydrogen) atoms. The molecule has 8 heteroatoms. The third-order valence-electron chi connectivity index (χ3n) is 7.24. The van der Waals surface area contributed by atoms with Crippen LogP contribution in [0.1, 0.15) is 44.7 Å². The highest BCUT2D eigenvalue weighted by atomic mass is 35.5. The van der Waals surface area contributed by atoms with Crippen LogP contribution < -0.4 is 10.6 Å². The normalized spacial score (nSPS) is 20.4. The summed E-state index contributed by atoms with van der Waals surface area (Å²) in [6.07, 6.45) is 2.46. The molecule has 1 aliphatic rings. The number of phenolic OH excluding ortho intramolecular Hbond substituents is 1. The molecule has 7 nitrogen and oxygen atoms in total. The van der Waals surface area contributed by atoms with E-state index in [0.29, 0.717) is 31.2 Å². The zero-order chi connectivity index (χ0) is 24.6. The lowest BCUT2D eigenvalue weighted by Crippen LogP contribution is -2.50. The number of nitrogens with one attached hydrogen (secondary N) is 2. The topological polar surface area (TPSA) is 113 Å². The van der Waals surface area contributed by atoms with Gasteiger partial charge in [-0.3, -0.25) is 9.59 Å². The number of amides is 2. The molecule has 0 radical (unpaired) electrons. The summed E-state index contributed by atoms with van der Waals surface area (Å²) >= 11 is 0. The molecule has 0 bridgehead atoms. The molecule has 1 fully saturated rings. The van der Waals surface area contributed by atoms with Gasteiger partial charge in [0, 0.05) is 19.6 Å². The summed E-state index contributed by atoms with van der Waals surface area (Å²) in [5.74, 6) is 0.199. The first kappa shape index (κ1) is 31.4. The molecular weight excluding hydrogens is 478 g/mol. The van der Waals surface area contributed by atoms with Gasteiger partial charge in [-0.15, -0.1) is 12.4 Å². The SMILES string of the molecule is CCCNC(=O)CNC(=O)C(Cc1ccccc1)CN1CCC(C)(c2cccc(O)c2)C(C)C1.Cl.O. The van der Waals surface area contributed by atoms with E-state index in [-0.39, 0.29) is 47.6 Å². The summed E-state index contributed by atoms with van der Waals surface area (Å²) in [5.41, 5.74) is 2.26. The van der Waals surface area contributed by atoms with Crippen LogP contribution in [0.25, 0.3) is 0 Å². The number of piperidine rings is 1. The molecule has 0 saturated carbocycles. The van der Waals surface area contributed by atoms with Crippen LogP contribution in [0.15, 0.2) is 54.6 Å². The number of aromatic hydroxyl groups is 1. The molecule has 1 heterocycles. The van der Waals surface area contributed by atoms with Gasteiger partial charge in [-0.05, 0) is 60.4 Å². The lowest BCUT2D eigenvalue weighted by molar-refractivity contribution is -0.129. The van der Waals surface area contributed by atoms with Crippen LogP contribution in [0.5, 0.6) is 5.75 Å². The van der Waals surface area contributed by atoms with Crippen LogP contribution in [0, 0.1) is 11.8 Å². The maximum absolute atomic E-state index is 13.1.